The predicted molar refractivity (Wildman–Crippen MR) is 105 cm³/mol. The van der Waals surface area contributed by atoms with Gasteiger partial charge in [0.25, 0.3) is 0 Å². The zero-order valence-corrected chi connectivity index (χ0v) is 17.2. The average molecular weight is 466 g/mol. The van der Waals surface area contributed by atoms with Crippen LogP contribution in [0, 0.1) is 5.82 Å². The van der Waals surface area contributed by atoms with Gasteiger partial charge in [0, 0.05) is 29.0 Å². The fraction of sp³-hybridized carbons (Fsp3) is 0.263. The van der Waals surface area contributed by atoms with E-state index in [0.717, 1.165) is 4.47 Å². The molecule has 0 atom stereocenters. The lowest BCUT2D eigenvalue weighted by Gasteiger charge is -2.29. The van der Waals surface area contributed by atoms with E-state index in [0.29, 0.717) is 43.2 Å². The van der Waals surface area contributed by atoms with Crippen LogP contribution in [-0.2, 0) is 10.0 Å². The largest absolute Gasteiger partial charge is 0.339 e. The van der Waals surface area contributed by atoms with Gasteiger partial charge in [-0.1, -0.05) is 21.1 Å². The molecule has 0 amide bonds. The normalized spacial score (nSPS) is 16.4. The van der Waals surface area contributed by atoms with E-state index >= 15 is 0 Å². The Morgan fingerprint density at radius 3 is 2.32 bits per heavy atom. The molecule has 0 unspecified atom stereocenters. The van der Waals surface area contributed by atoms with Crippen LogP contribution in [0.15, 0.2) is 62.4 Å². The van der Waals surface area contributed by atoms with E-state index in [9.17, 15) is 12.8 Å². The number of nitrogens with zero attached hydrogens (tertiary/aromatic N) is 3. The van der Waals surface area contributed by atoms with Crippen LogP contribution in [0.5, 0.6) is 0 Å². The van der Waals surface area contributed by atoms with Crippen molar-refractivity contribution in [3.05, 3.63) is 64.7 Å². The number of aromatic nitrogens is 2. The van der Waals surface area contributed by atoms with Crippen molar-refractivity contribution in [1.29, 1.82) is 0 Å². The maximum atomic E-state index is 13.1. The number of rotatable bonds is 4. The molecule has 1 aliphatic rings. The zero-order valence-electron chi connectivity index (χ0n) is 14.8. The van der Waals surface area contributed by atoms with E-state index in [1.165, 1.54) is 16.4 Å². The molecule has 9 heteroatoms. The van der Waals surface area contributed by atoms with Crippen LogP contribution in [-0.4, -0.2) is 36.0 Å². The maximum Gasteiger partial charge on any atom is 0.243 e. The molecule has 2 aromatic carbocycles. The summed E-state index contributed by atoms with van der Waals surface area (Å²) in [4.78, 5) is 4.70. The molecule has 2 heterocycles. The van der Waals surface area contributed by atoms with Crippen molar-refractivity contribution in [2.45, 2.75) is 23.7 Å². The minimum absolute atomic E-state index is 0.00179. The summed E-state index contributed by atoms with van der Waals surface area (Å²) in [6.07, 6.45) is 1.20. The summed E-state index contributed by atoms with van der Waals surface area (Å²) in [5.74, 6) is 0.560. The molecule has 1 fully saturated rings. The molecule has 1 saturated heterocycles. The molecule has 1 aliphatic heterocycles. The van der Waals surface area contributed by atoms with Crippen molar-refractivity contribution in [2.24, 2.45) is 0 Å². The van der Waals surface area contributed by atoms with Crippen LogP contribution in [0.3, 0.4) is 0 Å². The van der Waals surface area contributed by atoms with Crippen molar-refractivity contribution in [3.8, 4) is 11.4 Å². The van der Waals surface area contributed by atoms with Gasteiger partial charge in [-0.25, -0.2) is 12.8 Å². The Labute approximate surface area is 170 Å². The van der Waals surface area contributed by atoms with Gasteiger partial charge in [0.2, 0.25) is 21.7 Å². The molecule has 4 rings (SSSR count). The average Bonchev–Trinajstić information content (AvgIpc) is 3.19. The number of piperidine rings is 1. The molecule has 3 aromatic rings. The van der Waals surface area contributed by atoms with E-state index in [1.807, 2.05) is 0 Å². The van der Waals surface area contributed by atoms with Gasteiger partial charge in [-0.2, -0.15) is 9.29 Å². The summed E-state index contributed by atoms with van der Waals surface area (Å²) < 4.78 is 46.3. The molecule has 0 N–H and O–H groups in total. The Kier molecular flexibility index (Phi) is 5.31. The van der Waals surface area contributed by atoms with Crippen LogP contribution < -0.4 is 0 Å². The quantitative estimate of drug-likeness (QED) is 0.576. The van der Waals surface area contributed by atoms with Crippen molar-refractivity contribution < 1.29 is 17.3 Å². The summed E-state index contributed by atoms with van der Waals surface area (Å²) in [5, 5.41) is 3.97. The number of halogens is 2. The third-order valence-electron chi connectivity index (χ3n) is 4.80. The van der Waals surface area contributed by atoms with Crippen molar-refractivity contribution >= 4 is 26.0 Å². The van der Waals surface area contributed by atoms with Gasteiger partial charge >= 0.3 is 0 Å². The van der Waals surface area contributed by atoms with Gasteiger partial charge in [0.05, 0.1) is 4.90 Å². The summed E-state index contributed by atoms with van der Waals surface area (Å²) >= 11 is 3.31. The van der Waals surface area contributed by atoms with E-state index in [2.05, 4.69) is 26.1 Å². The van der Waals surface area contributed by atoms with Crippen LogP contribution in [0.1, 0.15) is 24.7 Å². The lowest BCUT2D eigenvalue weighted by Crippen LogP contribution is -2.37. The van der Waals surface area contributed by atoms with Gasteiger partial charge in [0.15, 0.2) is 0 Å². The van der Waals surface area contributed by atoms with E-state index in [4.69, 9.17) is 4.52 Å². The van der Waals surface area contributed by atoms with Crippen LogP contribution >= 0.6 is 15.9 Å². The molecule has 0 spiro atoms. The number of benzene rings is 2. The summed E-state index contributed by atoms with van der Waals surface area (Å²) in [5.41, 5.74) is 0.673. The Balaban J connectivity index is 1.44. The Bertz CT molecular complexity index is 1060. The highest BCUT2D eigenvalue weighted by molar-refractivity contribution is 9.10. The standard InChI is InChI=1S/C19H17BrFN3O3S/c20-15-3-7-17(8-4-15)28(25,26)24-11-9-14(10-12-24)19-22-18(23-27-19)13-1-5-16(21)6-2-13/h1-8,14H,9-12H2. The minimum Gasteiger partial charge on any atom is -0.339 e. The van der Waals surface area contributed by atoms with E-state index < -0.39 is 10.0 Å². The molecule has 0 saturated carbocycles. The van der Waals surface area contributed by atoms with Crippen molar-refractivity contribution in [3.63, 3.8) is 0 Å². The second-order valence-corrected chi connectivity index (χ2v) is 9.45. The fourth-order valence-corrected chi connectivity index (χ4v) is 4.95. The molecule has 146 valence electrons. The first-order valence-corrected chi connectivity index (χ1v) is 11.0. The zero-order chi connectivity index (χ0) is 19.7. The van der Waals surface area contributed by atoms with Crippen LogP contribution in [0.25, 0.3) is 11.4 Å². The Morgan fingerprint density at radius 1 is 1.04 bits per heavy atom. The first-order chi connectivity index (χ1) is 13.4. The molecule has 0 bridgehead atoms. The predicted octanol–water partition coefficient (Wildman–Crippen LogP) is 4.21. The smallest absolute Gasteiger partial charge is 0.243 e. The second kappa shape index (κ2) is 7.73. The maximum absolute atomic E-state index is 13.1. The van der Waals surface area contributed by atoms with Crippen LogP contribution in [0.2, 0.25) is 0 Å². The highest BCUT2D eigenvalue weighted by Crippen LogP contribution is 2.31. The first kappa shape index (κ1) is 19.2. The lowest BCUT2D eigenvalue weighted by molar-refractivity contribution is 0.271. The first-order valence-electron chi connectivity index (χ1n) is 8.79. The van der Waals surface area contributed by atoms with Gasteiger partial charge in [-0.3, -0.25) is 0 Å². The number of hydrogen-bond donors (Lipinski definition) is 0. The van der Waals surface area contributed by atoms with Gasteiger partial charge < -0.3 is 4.52 Å². The second-order valence-electron chi connectivity index (χ2n) is 6.60. The Hall–Kier alpha value is -2.10. The molecular formula is C19H17BrFN3O3S. The SMILES string of the molecule is O=S(=O)(c1ccc(Br)cc1)N1CCC(c2nc(-c3ccc(F)cc3)no2)CC1. The summed E-state index contributed by atoms with van der Waals surface area (Å²) in [6, 6.07) is 12.5. The van der Waals surface area contributed by atoms with Gasteiger partial charge in [0.1, 0.15) is 5.82 Å². The molecule has 0 radical (unpaired) electrons. The van der Waals surface area contributed by atoms with Gasteiger partial charge in [-0.05, 0) is 61.4 Å². The highest BCUT2D eigenvalue weighted by atomic mass is 79.9. The number of sulfonamides is 1. The third kappa shape index (κ3) is 3.87. The number of hydrogen-bond acceptors (Lipinski definition) is 5. The van der Waals surface area contributed by atoms with E-state index in [1.54, 1.807) is 36.4 Å². The monoisotopic (exact) mass is 465 g/mol. The highest BCUT2D eigenvalue weighted by Gasteiger charge is 2.32. The fourth-order valence-electron chi connectivity index (χ4n) is 3.22. The Morgan fingerprint density at radius 2 is 1.68 bits per heavy atom. The van der Waals surface area contributed by atoms with Gasteiger partial charge in [-0.15, -0.1) is 0 Å². The van der Waals surface area contributed by atoms with Crippen LogP contribution in [0.4, 0.5) is 4.39 Å². The lowest BCUT2D eigenvalue weighted by atomic mass is 9.98. The van der Waals surface area contributed by atoms with E-state index in [-0.39, 0.29) is 16.6 Å². The topological polar surface area (TPSA) is 76.3 Å². The van der Waals surface area contributed by atoms with Crippen molar-refractivity contribution in [2.75, 3.05) is 13.1 Å². The minimum atomic E-state index is -3.52. The third-order valence-corrected chi connectivity index (χ3v) is 7.24. The molecular weight excluding hydrogens is 449 g/mol. The molecule has 28 heavy (non-hydrogen) atoms. The summed E-state index contributed by atoms with van der Waals surface area (Å²) in [6.45, 7) is 0.772. The summed E-state index contributed by atoms with van der Waals surface area (Å²) in [7, 11) is -3.52. The van der Waals surface area contributed by atoms with Crippen molar-refractivity contribution in [1.82, 2.24) is 14.4 Å². The molecule has 1 aromatic heterocycles. The molecule has 0 aliphatic carbocycles. The molecule has 6 nitrogen and oxygen atoms in total.